The number of hydrogen-bond donors (Lipinski definition) is 1. The van der Waals surface area contributed by atoms with Crippen LogP contribution in [0.3, 0.4) is 0 Å². The minimum Gasteiger partial charge on any atom is -0.381 e. The average Bonchev–Trinajstić information content (AvgIpc) is 2.35. The molecule has 21 heavy (non-hydrogen) atoms. The lowest BCUT2D eigenvalue weighted by molar-refractivity contribution is -0.140. The monoisotopic (exact) mass is 305 g/mol. The second kappa shape index (κ2) is 5.67. The molecule has 0 atom stereocenters. The van der Waals surface area contributed by atoms with Gasteiger partial charge in [-0.05, 0) is 29.8 Å². The molecule has 1 nitrogen and oxygen atoms in total. The molecule has 2 aromatic rings. The largest absolute Gasteiger partial charge is 0.419 e. The van der Waals surface area contributed by atoms with Crippen LogP contribution in [0.15, 0.2) is 36.4 Å². The maximum Gasteiger partial charge on any atom is 0.419 e. The molecule has 0 saturated carbocycles. The van der Waals surface area contributed by atoms with Crippen molar-refractivity contribution in [3.8, 4) is 0 Å². The van der Waals surface area contributed by atoms with Gasteiger partial charge in [0.15, 0.2) is 0 Å². The summed E-state index contributed by atoms with van der Waals surface area (Å²) in [5.74, 6) is -3.00. The number of anilines is 1. The van der Waals surface area contributed by atoms with Crippen molar-refractivity contribution in [3.63, 3.8) is 0 Å². The van der Waals surface area contributed by atoms with Crippen LogP contribution >= 0.6 is 0 Å². The number of halogens is 6. The first-order valence-electron chi connectivity index (χ1n) is 5.81. The van der Waals surface area contributed by atoms with Crippen molar-refractivity contribution in [1.82, 2.24) is 0 Å². The van der Waals surface area contributed by atoms with Gasteiger partial charge in [-0.15, -0.1) is 0 Å². The van der Waals surface area contributed by atoms with Gasteiger partial charge < -0.3 is 5.32 Å². The third kappa shape index (κ3) is 3.90. The van der Waals surface area contributed by atoms with Gasteiger partial charge in [0.05, 0.1) is 5.56 Å². The highest BCUT2D eigenvalue weighted by atomic mass is 19.4. The Balaban J connectivity index is 2.17. The summed E-state index contributed by atoms with van der Waals surface area (Å²) in [6, 6.07) is 5.18. The van der Waals surface area contributed by atoms with Gasteiger partial charge in [0.25, 0.3) is 0 Å². The summed E-state index contributed by atoms with van der Waals surface area (Å²) in [5.41, 5.74) is -1.17. The Labute approximate surface area is 116 Å². The first kappa shape index (κ1) is 15.2. The minimum absolute atomic E-state index is 0.0744. The third-order valence-electron chi connectivity index (χ3n) is 2.70. The minimum atomic E-state index is -4.80. The van der Waals surface area contributed by atoms with Crippen molar-refractivity contribution in [2.24, 2.45) is 0 Å². The quantitative estimate of drug-likeness (QED) is 0.808. The maximum absolute atomic E-state index is 13.1. The van der Waals surface area contributed by atoms with Gasteiger partial charge in [-0.3, -0.25) is 0 Å². The van der Waals surface area contributed by atoms with Crippen LogP contribution in [0.25, 0.3) is 0 Å². The smallest absolute Gasteiger partial charge is 0.381 e. The Morgan fingerprint density at radius 1 is 0.857 bits per heavy atom. The zero-order valence-corrected chi connectivity index (χ0v) is 10.4. The Morgan fingerprint density at radius 3 is 2.05 bits per heavy atom. The van der Waals surface area contributed by atoms with Crippen molar-refractivity contribution in [2.45, 2.75) is 12.7 Å². The molecule has 0 unspecified atom stereocenters. The molecule has 2 rings (SSSR count). The lowest BCUT2D eigenvalue weighted by atomic mass is 10.1. The third-order valence-corrected chi connectivity index (χ3v) is 2.70. The second-order valence-electron chi connectivity index (χ2n) is 4.32. The lowest BCUT2D eigenvalue weighted by Crippen LogP contribution is -2.10. The highest BCUT2D eigenvalue weighted by Crippen LogP contribution is 2.32. The van der Waals surface area contributed by atoms with E-state index >= 15 is 0 Å². The van der Waals surface area contributed by atoms with Crippen LogP contribution in [0, 0.1) is 17.5 Å². The van der Waals surface area contributed by atoms with E-state index in [1.807, 2.05) is 0 Å². The second-order valence-corrected chi connectivity index (χ2v) is 4.32. The van der Waals surface area contributed by atoms with E-state index in [4.69, 9.17) is 0 Å². The van der Waals surface area contributed by atoms with E-state index in [0.29, 0.717) is 18.2 Å². The average molecular weight is 305 g/mol. The molecule has 0 bridgehead atoms. The van der Waals surface area contributed by atoms with E-state index in [9.17, 15) is 26.3 Å². The summed E-state index contributed by atoms with van der Waals surface area (Å²) in [6.07, 6.45) is -4.80. The molecule has 0 amide bonds. The van der Waals surface area contributed by atoms with E-state index < -0.39 is 29.2 Å². The number of alkyl halides is 3. The summed E-state index contributed by atoms with van der Waals surface area (Å²) in [7, 11) is 0. The molecule has 2 aromatic carbocycles. The zero-order chi connectivity index (χ0) is 15.6. The Bertz CT molecular complexity index is 630. The van der Waals surface area contributed by atoms with Gasteiger partial charge in [-0.1, -0.05) is 6.07 Å². The molecular weight excluding hydrogens is 296 g/mol. The summed E-state index contributed by atoms with van der Waals surface area (Å²) >= 11 is 0. The molecule has 0 spiro atoms. The standard InChI is InChI=1S/C14H9F6N/c15-9-4-10(16)6-11(5-9)21-7-8-1-2-13(17)12(3-8)14(18,19)20/h1-6,21H,7H2. The van der Waals surface area contributed by atoms with Gasteiger partial charge in [-0.2, -0.15) is 13.2 Å². The van der Waals surface area contributed by atoms with Crippen molar-refractivity contribution >= 4 is 5.69 Å². The van der Waals surface area contributed by atoms with Crippen LogP contribution in [-0.2, 0) is 12.7 Å². The summed E-state index contributed by atoms with van der Waals surface area (Å²) in [6.45, 7) is -0.133. The molecule has 0 radical (unpaired) electrons. The molecule has 1 N–H and O–H groups in total. The topological polar surface area (TPSA) is 12.0 Å². The van der Waals surface area contributed by atoms with E-state index in [0.717, 1.165) is 18.2 Å². The molecule has 112 valence electrons. The Morgan fingerprint density at radius 2 is 1.48 bits per heavy atom. The molecule has 0 aromatic heterocycles. The van der Waals surface area contributed by atoms with E-state index in [2.05, 4.69) is 5.32 Å². The van der Waals surface area contributed by atoms with Crippen molar-refractivity contribution in [1.29, 1.82) is 0 Å². The lowest BCUT2D eigenvalue weighted by Gasteiger charge is -2.11. The van der Waals surface area contributed by atoms with Crippen molar-refractivity contribution in [2.75, 3.05) is 5.32 Å². The van der Waals surface area contributed by atoms with Gasteiger partial charge in [0.2, 0.25) is 0 Å². The SMILES string of the molecule is Fc1cc(F)cc(NCc2ccc(F)c(C(F)(F)F)c2)c1. The van der Waals surface area contributed by atoms with Crippen LogP contribution in [0.2, 0.25) is 0 Å². The van der Waals surface area contributed by atoms with Gasteiger partial charge >= 0.3 is 6.18 Å². The van der Waals surface area contributed by atoms with E-state index in [-0.39, 0.29) is 17.8 Å². The number of benzene rings is 2. The molecule has 0 aliphatic heterocycles. The highest BCUT2D eigenvalue weighted by Gasteiger charge is 2.34. The van der Waals surface area contributed by atoms with Crippen LogP contribution in [-0.4, -0.2) is 0 Å². The number of hydrogen-bond acceptors (Lipinski definition) is 1. The summed E-state index contributed by atoms with van der Waals surface area (Å²) in [4.78, 5) is 0. The molecule has 7 heteroatoms. The fourth-order valence-corrected chi connectivity index (χ4v) is 1.76. The Hall–Kier alpha value is -2.18. The van der Waals surface area contributed by atoms with Crippen molar-refractivity contribution < 1.29 is 26.3 Å². The molecular formula is C14H9F6N. The predicted molar refractivity (Wildman–Crippen MR) is 65.1 cm³/mol. The van der Waals surface area contributed by atoms with E-state index in [1.54, 1.807) is 0 Å². The fraction of sp³-hybridized carbons (Fsp3) is 0.143. The Kier molecular flexibility index (Phi) is 4.11. The first-order chi connectivity index (χ1) is 9.75. The molecule has 0 aliphatic carbocycles. The summed E-state index contributed by atoms with van der Waals surface area (Å²) in [5, 5.41) is 2.57. The van der Waals surface area contributed by atoms with Crippen molar-refractivity contribution in [3.05, 3.63) is 65.0 Å². The van der Waals surface area contributed by atoms with Gasteiger partial charge in [0.1, 0.15) is 17.5 Å². The number of rotatable bonds is 3. The number of nitrogens with one attached hydrogen (secondary N) is 1. The van der Waals surface area contributed by atoms with Crippen LogP contribution in [0.5, 0.6) is 0 Å². The molecule has 0 aliphatic rings. The van der Waals surface area contributed by atoms with Crippen LogP contribution in [0.1, 0.15) is 11.1 Å². The van der Waals surface area contributed by atoms with Gasteiger partial charge in [0, 0.05) is 18.3 Å². The predicted octanol–water partition coefficient (Wildman–Crippen LogP) is 4.73. The van der Waals surface area contributed by atoms with Gasteiger partial charge in [-0.25, -0.2) is 13.2 Å². The normalized spacial score (nSPS) is 11.5. The molecule has 0 saturated heterocycles. The molecule has 0 heterocycles. The zero-order valence-electron chi connectivity index (χ0n) is 10.4. The maximum atomic E-state index is 13.1. The fourth-order valence-electron chi connectivity index (χ4n) is 1.76. The van der Waals surface area contributed by atoms with E-state index in [1.165, 1.54) is 0 Å². The molecule has 0 fully saturated rings. The van der Waals surface area contributed by atoms with Crippen LogP contribution in [0.4, 0.5) is 32.0 Å². The first-order valence-corrected chi connectivity index (χ1v) is 5.81. The highest BCUT2D eigenvalue weighted by molar-refractivity contribution is 5.44. The van der Waals surface area contributed by atoms with Crippen LogP contribution < -0.4 is 5.32 Å². The summed E-state index contributed by atoms with van der Waals surface area (Å²) < 4.78 is 76.6.